The summed E-state index contributed by atoms with van der Waals surface area (Å²) in [6, 6.07) is 0.626. The third kappa shape index (κ3) is 2.52. The van der Waals surface area contributed by atoms with Crippen molar-refractivity contribution in [2.75, 3.05) is 5.32 Å². The molecule has 1 aromatic heterocycles. The van der Waals surface area contributed by atoms with Gasteiger partial charge in [-0.2, -0.15) is 0 Å². The zero-order chi connectivity index (χ0) is 12.6. The Morgan fingerprint density at radius 3 is 2.94 bits per heavy atom. The van der Waals surface area contributed by atoms with Gasteiger partial charge in [0, 0.05) is 22.0 Å². The van der Waals surface area contributed by atoms with Crippen molar-refractivity contribution >= 4 is 27.5 Å². The highest BCUT2D eigenvalue weighted by molar-refractivity contribution is 9.10. The summed E-state index contributed by atoms with van der Waals surface area (Å²) in [5, 5.41) is 12.8. The summed E-state index contributed by atoms with van der Waals surface area (Å²) in [5.74, 6) is -1.13. The van der Waals surface area contributed by atoms with Crippen molar-refractivity contribution in [2.45, 2.75) is 12.5 Å². The first-order valence-corrected chi connectivity index (χ1v) is 5.61. The molecule has 1 aliphatic carbocycles. The van der Waals surface area contributed by atoms with Crippen molar-refractivity contribution in [1.29, 1.82) is 0 Å². The van der Waals surface area contributed by atoms with Crippen molar-refractivity contribution in [3.63, 3.8) is 0 Å². The number of H-pyrrole nitrogens is 1. The Kier molecular flexibility index (Phi) is 2.97. The van der Waals surface area contributed by atoms with Crippen LogP contribution >= 0.6 is 15.9 Å². The van der Waals surface area contributed by atoms with Crippen molar-refractivity contribution in [1.82, 2.24) is 4.98 Å². The molecule has 1 saturated carbocycles. The maximum absolute atomic E-state index is 11.6. The van der Waals surface area contributed by atoms with Crippen LogP contribution in [0.3, 0.4) is 0 Å². The van der Waals surface area contributed by atoms with Crippen molar-refractivity contribution in [3.05, 3.63) is 37.2 Å². The van der Waals surface area contributed by atoms with Crippen LogP contribution < -0.4 is 10.9 Å². The number of pyridine rings is 1. The van der Waals surface area contributed by atoms with Gasteiger partial charge in [-0.1, -0.05) is 0 Å². The van der Waals surface area contributed by atoms with Gasteiger partial charge in [0.1, 0.15) is 11.6 Å². The molecule has 90 valence electrons. The van der Waals surface area contributed by atoms with Crippen LogP contribution in [-0.2, 0) is 4.79 Å². The van der Waals surface area contributed by atoms with Crippen LogP contribution in [0, 0.1) is 16.0 Å². The molecule has 0 spiro atoms. The van der Waals surface area contributed by atoms with Gasteiger partial charge in [0.2, 0.25) is 11.9 Å². The molecule has 2 atom stereocenters. The van der Waals surface area contributed by atoms with Crippen LogP contribution in [-0.4, -0.2) is 21.9 Å². The van der Waals surface area contributed by atoms with E-state index < -0.39 is 28.3 Å². The molecule has 0 aliphatic heterocycles. The molecule has 1 aromatic rings. The highest BCUT2D eigenvalue weighted by atomic mass is 79.9. The highest BCUT2D eigenvalue weighted by Crippen LogP contribution is 2.33. The van der Waals surface area contributed by atoms with Crippen molar-refractivity contribution in [3.8, 4) is 0 Å². The average molecular weight is 302 g/mol. The maximum atomic E-state index is 11.6. The number of hydrogen-bond donors (Lipinski definition) is 2. The number of aromatic amines is 1. The minimum atomic E-state index is -0.818. The topological polar surface area (TPSA) is 105 Å². The summed E-state index contributed by atoms with van der Waals surface area (Å²) in [4.78, 5) is 35.2. The van der Waals surface area contributed by atoms with E-state index in [1.54, 1.807) is 0 Å². The second-order valence-corrected chi connectivity index (χ2v) is 4.66. The molecule has 1 fully saturated rings. The summed E-state index contributed by atoms with van der Waals surface area (Å²) in [6.07, 6.45) is 1.67. The fourth-order valence-electron chi connectivity index (χ4n) is 1.47. The first kappa shape index (κ1) is 11.8. The van der Waals surface area contributed by atoms with Crippen LogP contribution in [0.5, 0.6) is 0 Å². The second-order valence-electron chi connectivity index (χ2n) is 3.74. The zero-order valence-corrected chi connectivity index (χ0v) is 10.1. The quantitative estimate of drug-likeness (QED) is 0.634. The minimum absolute atomic E-state index is 0.0818. The van der Waals surface area contributed by atoms with E-state index in [-0.39, 0.29) is 12.1 Å². The minimum Gasteiger partial charge on any atom is -0.326 e. The zero-order valence-electron chi connectivity index (χ0n) is 8.47. The Hall–Kier alpha value is -1.70. The molecular weight excluding hydrogens is 294 g/mol. The summed E-state index contributed by atoms with van der Waals surface area (Å²) in [5.41, 5.74) is -0.363. The lowest BCUT2D eigenvalue weighted by Crippen LogP contribution is -2.23. The number of hydrogen-bond acceptors (Lipinski definition) is 4. The number of nitrogens with one attached hydrogen (secondary N) is 2. The van der Waals surface area contributed by atoms with E-state index in [1.807, 2.05) is 0 Å². The number of halogens is 1. The van der Waals surface area contributed by atoms with E-state index in [4.69, 9.17) is 0 Å². The first-order valence-electron chi connectivity index (χ1n) is 4.81. The predicted molar refractivity (Wildman–Crippen MR) is 62.3 cm³/mol. The fourth-order valence-corrected chi connectivity index (χ4v) is 1.82. The lowest BCUT2D eigenvalue weighted by Gasteiger charge is -2.02. The SMILES string of the molecule is O=C(Nc1cc(Br)c[nH]c1=O)[C@H]1C[C@H]1[N+](=O)[O-]. The summed E-state index contributed by atoms with van der Waals surface area (Å²) < 4.78 is 0.606. The normalized spacial score (nSPS) is 21.9. The molecule has 0 saturated heterocycles. The van der Waals surface area contributed by atoms with E-state index in [0.717, 1.165) is 0 Å². The van der Waals surface area contributed by atoms with E-state index in [9.17, 15) is 19.7 Å². The average Bonchev–Trinajstić information content (AvgIpc) is 3.03. The molecule has 2 N–H and O–H groups in total. The number of aromatic nitrogens is 1. The van der Waals surface area contributed by atoms with E-state index in [0.29, 0.717) is 4.47 Å². The third-order valence-electron chi connectivity index (χ3n) is 2.49. The number of nitro groups is 1. The molecule has 1 aliphatic rings. The van der Waals surface area contributed by atoms with Crippen LogP contribution in [0.1, 0.15) is 6.42 Å². The van der Waals surface area contributed by atoms with Crippen LogP contribution in [0.2, 0.25) is 0 Å². The van der Waals surface area contributed by atoms with Crippen LogP contribution in [0.4, 0.5) is 5.69 Å². The summed E-state index contributed by atoms with van der Waals surface area (Å²) in [7, 11) is 0. The third-order valence-corrected chi connectivity index (χ3v) is 2.95. The molecule has 17 heavy (non-hydrogen) atoms. The number of anilines is 1. The molecule has 1 heterocycles. The Morgan fingerprint density at radius 1 is 1.65 bits per heavy atom. The van der Waals surface area contributed by atoms with Gasteiger partial charge in [0.15, 0.2) is 0 Å². The van der Waals surface area contributed by atoms with Crippen molar-refractivity contribution in [2.24, 2.45) is 5.92 Å². The number of nitrogens with zero attached hydrogens (tertiary/aromatic N) is 1. The van der Waals surface area contributed by atoms with Crippen molar-refractivity contribution < 1.29 is 9.72 Å². The van der Waals surface area contributed by atoms with Gasteiger partial charge in [-0.25, -0.2) is 0 Å². The molecule has 2 rings (SSSR count). The predicted octanol–water partition coefficient (Wildman–Crippen LogP) is 0.741. The van der Waals surface area contributed by atoms with Gasteiger partial charge in [-0.3, -0.25) is 19.7 Å². The largest absolute Gasteiger partial charge is 0.326 e. The fraction of sp³-hybridized carbons (Fsp3) is 0.333. The number of rotatable bonds is 3. The Morgan fingerprint density at radius 2 is 2.35 bits per heavy atom. The van der Waals surface area contributed by atoms with Gasteiger partial charge in [-0.15, -0.1) is 0 Å². The molecule has 0 radical (unpaired) electrons. The van der Waals surface area contributed by atoms with Gasteiger partial charge < -0.3 is 10.3 Å². The lowest BCUT2D eigenvalue weighted by atomic mass is 10.3. The molecular formula is C9H8BrN3O4. The standard InChI is InChI=1S/C9H8BrN3O4/c10-4-1-6(9(15)11-3-4)12-8(14)5-2-7(5)13(16)17/h1,3,5,7H,2H2,(H,11,15)(H,12,14)/t5-,7+/m0/s1. The van der Waals surface area contributed by atoms with Crippen LogP contribution in [0.25, 0.3) is 0 Å². The van der Waals surface area contributed by atoms with E-state index >= 15 is 0 Å². The molecule has 0 unspecified atom stereocenters. The molecule has 0 aromatic carbocycles. The summed E-state index contributed by atoms with van der Waals surface area (Å²) in [6.45, 7) is 0. The monoisotopic (exact) mass is 301 g/mol. The summed E-state index contributed by atoms with van der Waals surface area (Å²) >= 11 is 3.14. The molecule has 1 amide bonds. The second kappa shape index (κ2) is 4.28. The van der Waals surface area contributed by atoms with Gasteiger partial charge in [0.05, 0.1) is 0 Å². The molecule has 0 bridgehead atoms. The Bertz CT molecular complexity index is 541. The van der Waals surface area contributed by atoms with E-state index in [2.05, 4.69) is 26.2 Å². The number of amides is 1. The number of carbonyl (C=O) groups excluding carboxylic acids is 1. The van der Waals surface area contributed by atoms with Crippen LogP contribution in [0.15, 0.2) is 21.5 Å². The lowest BCUT2D eigenvalue weighted by molar-refractivity contribution is -0.497. The van der Waals surface area contributed by atoms with Gasteiger partial charge in [0.25, 0.3) is 5.56 Å². The highest BCUT2D eigenvalue weighted by Gasteiger charge is 2.53. The first-order chi connectivity index (χ1) is 7.99. The van der Waals surface area contributed by atoms with E-state index in [1.165, 1.54) is 12.3 Å². The molecule has 7 nitrogen and oxygen atoms in total. The smallest absolute Gasteiger partial charge is 0.271 e. The number of carbonyl (C=O) groups is 1. The maximum Gasteiger partial charge on any atom is 0.271 e. The Balaban J connectivity index is 2.07. The van der Waals surface area contributed by atoms with Gasteiger partial charge in [-0.05, 0) is 22.0 Å². The van der Waals surface area contributed by atoms with Gasteiger partial charge >= 0.3 is 0 Å². The Labute approximate surface area is 103 Å². The molecule has 8 heteroatoms.